The predicted octanol–water partition coefficient (Wildman–Crippen LogP) is 2.51. The van der Waals surface area contributed by atoms with Crippen molar-refractivity contribution < 1.29 is 9.53 Å². The Hall–Kier alpha value is -1.39. The van der Waals surface area contributed by atoms with Crippen LogP contribution in [0.15, 0.2) is 18.2 Å². The van der Waals surface area contributed by atoms with Crippen molar-refractivity contribution in [1.29, 1.82) is 0 Å². The third-order valence-corrected chi connectivity index (χ3v) is 3.72. The smallest absolute Gasteiger partial charge is 0.176 e. The van der Waals surface area contributed by atoms with Crippen LogP contribution in [0.1, 0.15) is 36.2 Å². The molecule has 118 valence electrons. The SMILES string of the molecule is CCN(CC)CCCNCC(=O)c1ccc(OC)c(C)c1. The van der Waals surface area contributed by atoms with Crippen molar-refractivity contribution in [2.24, 2.45) is 0 Å². The first-order valence-electron chi connectivity index (χ1n) is 7.73. The van der Waals surface area contributed by atoms with E-state index in [-0.39, 0.29) is 5.78 Å². The number of nitrogens with one attached hydrogen (secondary N) is 1. The van der Waals surface area contributed by atoms with E-state index in [1.54, 1.807) is 7.11 Å². The zero-order valence-corrected chi connectivity index (χ0v) is 13.7. The Labute approximate surface area is 128 Å². The number of rotatable bonds is 10. The van der Waals surface area contributed by atoms with E-state index < -0.39 is 0 Å². The maximum Gasteiger partial charge on any atom is 0.176 e. The van der Waals surface area contributed by atoms with Gasteiger partial charge < -0.3 is 15.0 Å². The van der Waals surface area contributed by atoms with E-state index in [0.29, 0.717) is 6.54 Å². The van der Waals surface area contributed by atoms with Crippen LogP contribution in [0, 0.1) is 6.92 Å². The largest absolute Gasteiger partial charge is 0.496 e. The lowest BCUT2D eigenvalue weighted by atomic mass is 10.1. The lowest BCUT2D eigenvalue weighted by molar-refractivity contribution is 0.0990. The van der Waals surface area contributed by atoms with E-state index in [4.69, 9.17) is 4.74 Å². The Kier molecular flexibility index (Phi) is 8.01. The van der Waals surface area contributed by atoms with Gasteiger partial charge in [-0.1, -0.05) is 13.8 Å². The summed E-state index contributed by atoms with van der Waals surface area (Å²) >= 11 is 0. The molecule has 0 aromatic heterocycles. The summed E-state index contributed by atoms with van der Waals surface area (Å²) < 4.78 is 5.20. The van der Waals surface area contributed by atoms with Gasteiger partial charge in [0, 0.05) is 5.56 Å². The zero-order chi connectivity index (χ0) is 15.7. The summed E-state index contributed by atoms with van der Waals surface area (Å²) in [6.07, 6.45) is 1.07. The number of hydrogen-bond acceptors (Lipinski definition) is 4. The molecule has 0 atom stereocenters. The number of Topliss-reactive ketones (excluding diaryl/α,β-unsaturated/α-hetero) is 1. The van der Waals surface area contributed by atoms with E-state index in [0.717, 1.165) is 49.5 Å². The van der Waals surface area contributed by atoms with E-state index in [1.807, 2.05) is 25.1 Å². The Balaban J connectivity index is 2.32. The van der Waals surface area contributed by atoms with Crippen LogP contribution in [0.3, 0.4) is 0 Å². The highest BCUT2D eigenvalue weighted by Crippen LogP contribution is 2.18. The van der Waals surface area contributed by atoms with Gasteiger partial charge in [0.15, 0.2) is 5.78 Å². The summed E-state index contributed by atoms with van der Waals surface area (Å²) in [6, 6.07) is 5.56. The Morgan fingerprint density at radius 2 is 2.00 bits per heavy atom. The van der Waals surface area contributed by atoms with Crippen molar-refractivity contribution in [3.8, 4) is 5.75 Å². The molecule has 0 unspecified atom stereocenters. The second kappa shape index (κ2) is 9.53. The minimum Gasteiger partial charge on any atom is -0.496 e. The van der Waals surface area contributed by atoms with Gasteiger partial charge in [-0.3, -0.25) is 4.79 Å². The molecule has 1 N–H and O–H groups in total. The third-order valence-electron chi connectivity index (χ3n) is 3.72. The van der Waals surface area contributed by atoms with Gasteiger partial charge in [-0.05, 0) is 63.3 Å². The number of aryl methyl sites for hydroxylation is 1. The molecule has 0 spiro atoms. The standard InChI is InChI=1S/C17H28N2O2/c1-5-19(6-2)11-7-10-18-13-16(20)15-8-9-17(21-4)14(3)12-15/h8-9,12,18H,5-7,10-11,13H2,1-4H3. The second-order valence-electron chi connectivity index (χ2n) is 5.16. The molecular weight excluding hydrogens is 264 g/mol. The molecule has 0 bridgehead atoms. The Morgan fingerprint density at radius 1 is 1.29 bits per heavy atom. The van der Waals surface area contributed by atoms with Crippen LogP contribution in [0.4, 0.5) is 0 Å². The molecular formula is C17H28N2O2. The van der Waals surface area contributed by atoms with E-state index in [9.17, 15) is 4.79 Å². The zero-order valence-electron chi connectivity index (χ0n) is 13.7. The van der Waals surface area contributed by atoms with Crippen molar-refractivity contribution in [1.82, 2.24) is 10.2 Å². The predicted molar refractivity (Wildman–Crippen MR) is 87.3 cm³/mol. The van der Waals surface area contributed by atoms with E-state index in [2.05, 4.69) is 24.1 Å². The van der Waals surface area contributed by atoms with Crippen LogP contribution in [0.25, 0.3) is 0 Å². The number of hydrogen-bond donors (Lipinski definition) is 1. The van der Waals surface area contributed by atoms with Crippen LogP contribution in [-0.4, -0.2) is 50.5 Å². The molecule has 0 aliphatic carbocycles. The minimum atomic E-state index is 0.128. The molecule has 0 saturated heterocycles. The van der Waals surface area contributed by atoms with Gasteiger partial charge in [-0.15, -0.1) is 0 Å². The molecule has 4 nitrogen and oxygen atoms in total. The van der Waals surface area contributed by atoms with Gasteiger partial charge in [-0.2, -0.15) is 0 Å². The highest BCUT2D eigenvalue weighted by Gasteiger charge is 2.08. The fraction of sp³-hybridized carbons (Fsp3) is 0.588. The quantitative estimate of drug-likeness (QED) is 0.531. The summed E-state index contributed by atoms with van der Waals surface area (Å²) in [5.41, 5.74) is 1.73. The number of ether oxygens (including phenoxy) is 1. The average molecular weight is 292 g/mol. The minimum absolute atomic E-state index is 0.128. The molecule has 4 heteroatoms. The number of benzene rings is 1. The average Bonchev–Trinajstić information content (AvgIpc) is 2.50. The van der Waals surface area contributed by atoms with Crippen LogP contribution in [0.2, 0.25) is 0 Å². The molecule has 0 fully saturated rings. The number of methoxy groups -OCH3 is 1. The first kappa shape index (κ1) is 17.7. The summed E-state index contributed by atoms with van der Waals surface area (Å²) in [4.78, 5) is 14.5. The van der Waals surface area contributed by atoms with Gasteiger partial charge in [-0.25, -0.2) is 0 Å². The van der Waals surface area contributed by atoms with Crippen molar-refractivity contribution in [2.45, 2.75) is 27.2 Å². The fourth-order valence-electron chi connectivity index (χ4n) is 2.32. The molecule has 1 rings (SSSR count). The Bertz CT molecular complexity index is 442. The molecule has 0 aliphatic rings. The molecule has 0 aliphatic heterocycles. The molecule has 1 aromatic carbocycles. The van der Waals surface area contributed by atoms with E-state index in [1.165, 1.54) is 0 Å². The monoisotopic (exact) mass is 292 g/mol. The molecule has 0 saturated carbocycles. The van der Waals surface area contributed by atoms with Crippen molar-refractivity contribution in [3.63, 3.8) is 0 Å². The maximum absolute atomic E-state index is 12.1. The first-order chi connectivity index (χ1) is 10.1. The van der Waals surface area contributed by atoms with Gasteiger partial charge in [0.2, 0.25) is 0 Å². The lowest BCUT2D eigenvalue weighted by Crippen LogP contribution is -2.29. The summed E-state index contributed by atoms with van der Waals surface area (Å²) in [6.45, 7) is 10.8. The van der Waals surface area contributed by atoms with Gasteiger partial charge >= 0.3 is 0 Å². The Morgan fingerprint density at radius 3 is 2.57 bits per heavy atom. The second-order valence-corrected chi connectivity index (χ2v) is 5.16. The first-order valence-corrected chi connectivity index (χ1v) is 7.73. The van der Waals surface area contributed by atoms with Crippen LogP contribution >= 0.6 is 0 Å². The number of nitrogens with zero attached hydrogens (tertiary/aromatic N) is 1. The third kappa shape index (κ3) is 5.86. The number of ketones is 1. The normalized spacial score (nSPS) is 10.9. The van der Waals surface area contributed by atoms with E-state index >= 15 is 0 Å². The number of carbonyl (C=O) groups is 1. The van der Waals surface area contributed by atoms with Gasteiger partial charge in [0.1, 0.15) is 5.75 Å². The highest BCUT2D eigenvalue weighted by atomic mass is 16.5. The van der Waals surface area contributed by atoms with Gasteiger partial charge in [0.05, 0.1) is 13.7 Å². The van der Waals surface area contributed by atoms with Gasteiger partial charge in [0.25, 0.3) is 0 Å². The summed E-state index contributed by atoms with van der Waals surface area (Å²) in [5, 5.41) is 3.23. The molecule has 0 heterocycles. The molecule has 0 radical (unpaired) electrons. The number of carbonyl (C=O) groups excluding carboxylic acids is 1. The molecule has 21 heavy (non-hydrogen) atoms. The van der Waals surface area contributed by atoms with Crippen LogP contribution in [0.5, 0.6) is 5.75 Å². The summed E-state index contributed by atoms with van der Waals surface area (Å²) in [7, 11) is 1.64. The lowest BCUT2D eigenvalue weighted by Gasteiger charge is -2.17. The van der Waals surface area contributed by atoms with Crippen LogP contribution in [-0.2, 0) is 0 Å². The fourth-order valence-corrected chi connectivity index (χ4v) is 2.32. The van der Waals surface area contributed by atoms with Crippen molar-refractivity contribution >= 4 is 5.78 Å². The van der Waals surface area contributed by atoms with Crippen LogP contribution < -0.4 is 10.1 Å². The molecule has 1 aromatic rings. The summed E-state index contributed by atoms with van der Waals surface area (Å²) in [5.74, 6) is 0.947. The van der Waals surface area contributed by atoms with Crippen molar-refractivity contribution in [3.05, 3.63) is 29.3 Å². The van der Waals surface area contributed by atoms with Crippen molar-refractivity contribution in [2.75, 3.05) is 39.8 Å². The highest BCUT2D eigenvalue weighted by molar-refractivity contribution is 5.97. The maximum atomic E-state index is 12.1. The molecule has 0 amide bonds. The topological polar surface area (TPSA) is 41.6 Å².